The Kier molecular flexibility index (Phi) is 2.87. The summed E-state index contributed by atoms with van der Waals surface area (Å²) in [5.41, 5.74) is 7.92. The van der Waals surface area contributed by atoms with Crippen molar-refractivity contribution in [2.75, 3.05) is 11.4 Å². The summed E-state index contributed by atoms with van der Waals surface area (Å²) in [6, 6.07) is 4.80. The number of hydrogen-bond donors (Lipinski definition) is 1. The number of fused-ring (bicyclic) bond motifs is 1. The molecule has 0 unspecified atom stereocenters. The molecular weight excluding hydrogens is 263 g/mol. The topological polar surface area (TPSA) is 55.0 Å². The summed E-state index contributed by atoms with van der Waals surface area (Å²) in [5.74, 6) is 0.419. The fourth-order valence-electron chi connectivity index (χ4n) is 2.18. The third-order valence-corrected chi connectivity index (χ3v) is 3.32. The molecule has 4 nitrogen and oxygen atoms in total. The number of nitrogens with two attached hydrogens (primary N) is 1. The zero-order valence-electron chi connectivity index (χ0n) is 10.0. The van der Waals surface area contributed by atoms with Crippen molar-refractivity contribution < 1.29 is 4.39 Å². The standard InChI is InChI=1S/C13H11FN4S/c14-9-2-1-8-3-4-18(11(8)5-9)12-7-16-10(6-17-12)13(15)19/h1-2,5-7H,3-4H2,(H2,15,19). The van der Waals surface area contributed by atoms with Crippen molar-refractivity contribution in [2.24, 2.45) is 5.73 Å². The second kappa shape index (κ2) is 4.55. The van der Waals surface area contributed by atoms with E-state index in [0.717, 1.165) is 24.2 Å². The molecule has 0 radical (unpaired) electrons. The minimum absolute atomic E-state index is 0.215. The SMILES string of the molecule is NC(=S)c1cnc(N2CCc3ccc(F)cc32)cn1. The molecule has 1 aromatic carbocycles. The predicted octanol–water partition coefficient (Wildman–Crippen LogP) is 1.94. The van der Waals surface area contributed by atoms with Crippen LogP contribution in [0.2, 0.25) is 0 Å². The van der Waals surface area contributed by atoms with Crippen LogP contribution < -0.4 is 10.6 Å². The first-order valence-electron chi connectivity index (χ1n) is 5.83. The van der Waals surface area contributed by atoms with Crippen molar-refractivity contribution in [3.8, 4) is 0 Å². The van der Waals surface area contributed by atoms with Gasteiger partial charge in [0, 0.05) is 12.2 Å². The minimum atomic E-state index is -0.252. The highest BCUT2D eigenvalue weighted by Gasteiger charge is 2.22. The lowest BCUT2D eigenvalue weighted by Crippen LogP contribution is -2.17. The summed E-state index contributed by atoms with van der Waals surface area (Å²) in [7, 11) is 0. The van der Waals surface area contributed by atoms with E-state index < -0.39 is 0 Å². The first-order chi connectivity index (χ1) is 9.15. The lowest BCUT2D eigenvalue weighted by molar-refractivity contribution is 0.628. The van der Waals surface area contributed by atoms with Crippen LogP contribution in [0.1, 0.15) is 11.3 Å². The molecule has 0 saturated carbocycles. The zero-order valence-corrected chi connectivity index (χ0v) is 10.8. The molecule has 0 amide bonds. The van der Waals surface area contributed by atoms with Gasteiger partial charge in [-0.2, -0.15) is 0 Å². The maximum absolute atomic E-state index is 13.3. The smallest absolute Gasteiger partial charge is 0.151 e. The summed E-state index contributed by atoms with van der Waals surface area (Å²) in [6.45, 7) is 0.764. The Morgan fingerprint density at radius 1 is 1.32 bits per heavy atom. The average Bonchev–Trinajstić information content (AvgIpc) is 2.81. The van der Waals surface area contributed by atoms with Gasteiger partial charge in [0.05, 0.1) is 12.4 Å². The van der Waals surface area contributed by atoms with Gasteiger partial charge in [-0.15, -0.1) is 0 Å². The summed E-state index contributed by atoms with van der Waals surface area (Å²) in [6.07, 6.45) is 4.01. The Morgan fingerprint density at radius 2 is 2.16 bits per heavy atom. The molecule has 0 spiro atoms. The second-order valence-corrected chi connectivity index (χ2v) is 4.74. The van der Waals surface area contributed by atoms with Crippen LogP contribution in [0.4, 0.5) is 15.9 Å². The average molecular weight is 274 g/mol. The van der Waals surface area contributed by atoms with E-state index in [2.05, 4.69) is 9.97 Å². The zero-order chi connectivity index (χ0) is 13.4. The normalized spacial score (nSPS) is 13.4. The molecular formula is C13H11FN4S. The van der Waals surface area contributed by atoms with Gasteiger partial charge >= 0.3 is 0 Å². The van der Waals surface area contributed by atoms with E-state index >= 15 is 0 Å². The van der Waals surface area contributed by atoms with Crippen molar-refractivity contribution in [2.45, 2.75) is 6.42 Å². The quantitative estimate of drug-likeness (QED) is 0.848. The third kappa shape index (κ3) is 2.15. The number of rotatable bonds is 2. The molecule has 1 aromatic heterocycles. The molecule has 6 heteroatoms. The summed E-state index contributed by atoms with van der Waals surface area (Å²) in [5, 5.41) is 0. The molecule has 2 heterocycles. The van der Waals surface area contributed by atoms with Crippen LogP contribution >= 0.6 is 12.2 Å². The van der Waals surface area contributed by atoms with Gasteiger partial charge in [-0.3, -0.25) is 0 Å². The van der Waals surface area contributed by atoms with Crippen LogP contribution in [0.15, 0.2) is 30.6 Å². The van der Waals surface area contributed by atoms with E-state index in [1.165, 1.54) is 18.3 Å². The Bertz CT molecular complexity index is 642. The van der Waals surface area contributed by atoms with E-state index in [9.17, 15) is 4.39 Å². The van der Waals surface area contributed by atoms with Crippen LogP contribution in [-0.2, 0) is 6.42 Å². The summed E-state index contributed by atoms with van der Waals surface area (Å²) < 4.78 is 13.3. The fraction of sp³-hybridized carbons (Fsp3) is 0.154. The molecule has 2 aromatic rings. The van der Waals surface area contributed by atoms with Crippen molar-refractivity contribution >= 4 is 28.7 Å². The Morgan fingerprint density at radius 3 is 2.84 bits per heavy atom. The Labute approximate surface area is 115 Å². The van der Waals surface area contributed by atoms with Crippen LogP contribution in [0, 0.1) is 5.82 Å². The summed E-state index contributed by atoms with van der Waals surface area (Å²) in [4.78, 5) is 10.6. The Hall–Kier alpha value is -2.08. The molecule has 1 aliphatic rings. The molecule has 0 bridgehead atoms. The number of anilines is 2. The van der Waals surface area contributed by atoms with Gasteiger partial charge in [0.2, 0.25) is 0 Å². The third-order valence-electron chi connectivity index (χ3n) is 3.11. The van der Waals surface area contributed by atoms with Crippen molar-refractivity contribution in [1.29, 1.82) is 0 Å². The maximum atomic E-state index is 13.3. The van der Waals surface area contributed by atoms with E-state index in [4.69, 9.17) is 18.0 Å². The van der Waals surface area contributed by atoms with Crippen molar-refractivity contribution in [1.82, 2.24) is 9.97 Å². The van der Waals surface area contributed by atoms with E-state index in [-0.39, 0.29) is 10.8 Å². The molecule has 19 heavy (non-hydrogen) atoms. The number of halogens is 1. The molecule has 0 fully saturated rings. The highest BCUT2D eigenvalue weighted by atomic mass is 32.1. The number of aromatic nitrogens is 2. The van der Waals surface area contributed by atoms with Gasteiger partial charge in [0.1, 0.15) is 16.5 Å². The number of benzene rings is 1. The Balaban J connectivity index is 1.97. The first kappa shape index (κ1) is 12.0. The van der Waals surface area contributed by atoms with Gasteiger partial charge in [0.15, 0.2) is 5.82 Å². The number of hydrogen-bond acceptors (Lipinski definition) is 4. The predicted molar refractivity (Wildman–Crippen MR) is 75.0 cm³/mol. The highest BCUT2D eigenvalue weighted by molar-refractivity contribution is 7.80. The van der Waals surface area contributed by atoms with Gasteiger partial charge in [-0.05, 0) is 24.1 Å². The van der Waals surface area contributed by atoms with Gasteiger partial charge in [0.25, 0.3) is 0 Å². The molecule has 96 valence electrons. The number of nitrogens with zero attached hydrogens (tertiary/aromatic N) is 3. The van der Waals surface area contributed by atoms with Gasteiger partial charge in [-0.25, -0.2) is 14.4 Å². The van der Waals surface area contributed by atoms with E-state index in [1.54, 1.807) is 6.20 Å². The maximum Gasteiger partial charge on any atom is 0.151 e. The van der Waals surface area contributed by atoms with Crippen LogP contribution in [0.3, 0.4) is 0 Å². The lowest BCUT2D eigenvalue weighted by Gasteiger charge is -2.17. The highest BCUT2D eigenvalue weighted by Crippen LogP contribution is 2.33. The van der Waals surface area contributed by atoms with E-state index in [0.29, 0.717) is 11.5 Å². The number of thiocarbonyl (C=S) groups is 1. The van der Waals surface area contributed by atoms with Crippen molar-refractivity contribution in [3.05, 3.63) is 47.7 Å². The van der Waals surface area contributed by atoms with Gasteiger partial charge in [-0.1, -0.05) is 18.3 Å². The molecule has 2 N–H and O–H groups in total. The molecule has 0 atom stereocenters. The van der Waals surface area contributed by atoms with Crippen LogP contribution in [0.5, 0.6) is 0 Å². The summed E-state index contributed by atoms with van der Waals surface area (Å²) >= 11 is 4.83. The first-order valence-corrected chi connectivity index (χ1v) is 6.24. The monoisotopic (exact) mass is 274 g/mol. The molecule has 0 saturated heterocycles. The lowest BCUT2D eigenvalue weighted by atomic mass is 10.2. The molecule has 0 aliphatic carbocycles. The van der Waals surface area contributed by atoms with Crippen LogP contribution in [0.25, 0.3) is 0 Å². The molecule has 1 aliphatic heterocycles. The van der Waals surface area contributed by atoms with Gasteiger partial charge < -0.3 is 10.6 Å². The second-order valence-electron chi connectivity index (χ2n) is 4.30. The van der Waals surface area contributed by atoms with Crippen molar-refractivity contribution in [3.63, 3.8) is 0 Å². The largest absolute Gasteiger partial charge is 0.388 e. The fourth-order valence-corrected chi connectivity index (χ4v) is 2.28. The van der Waals surface area contributed by atoms with E-state index in [1.807, 2.05) is 11.0 Å². The molecule has 3 rings (SSSR count). The van der Waals surface area contributed by atoms with Crippen LogP contribution in [-0.4, -0.2) is 21.5 Å². The minimum Gasteiger partial charge on any atom is -0.388 e.